The van der Waals surface area contributed by atoms with Gasteiger partial charge in [-0.3, -0.25) is 0 Å². The molecule has 8 heteroatoms. The summed E-state index contributed by atoms with van der Waals surface area (Å²) in [5.41, 5.74) is 2.78. The van der Waals surface area contributed by atoms with E-state index in [1.54, 1.807) is 34.4 Å². The van der Waals surface area contributed by atoms with Crippen molar-refractivity contribution in [3.8, 4) is 5.19 Å². The van der Waals surface area contributed by atoms with E-state index in [0.29, 0.717) is 34.0 Å². The Hall–Kier alpha value is -2.02. The van der Waals surface area contributed by atoms with Crippen LogP contribution in [0.15, 0.2) is 36.4 Å². The Bertz CT molecular complexity index is 1020. The van der Waals surface area contributed by atoms with Gasteiger partial charge < -0.3 is 15.0 Å². The molecule has 3 aromatic rings. The largest absolute Gasteiger partial charge is 0.467 e. The second-order valence-electron chi connectivity index (χ2n) is 6.76. The predicted molar refractivity (Wildman–Crippen MR) is 115 cm³/mol. The number of thiazole rings is 1. The van der Waals surface area contributed by atoms with Crippen molar-refractivity contribution in [2.24, 2.45) is 0 Å². The van der Waals surface area contributed by atoms with E-state index in [-0.39, 0.29) is 12.1 Å². The lowest BCUT2D eigenvalue weighted by molar-refractivity contribution is 0.115. The third kappa shape index (κ3) is 4.19. The van der Waals surface area contributed by atoms with Crippen molar-refractivity contribution >= 4 is 56.5 Å². The zero-order valence-electron chi connectivity index (χ0n) is 15.2. The smallest absolute Gasteiger partial charge is 0.321 e. The number of nitrogens with zero attached hydrogens (tertiary/aromatic N) is 2. The highest BCUT2D eigenvalue weighted by Gasteiger charge is 2.25. The summed E-state index contributed by atoms with van der Waals surface area (Å²) in [5, 5.41) is 4.43. The average Bonchev–Trinajstić information content (AvgIpc) is 3.09. The molecule has 0 spiro atoms. The normalized spacial score (nSPS) is 15.0. The summed E-state index contributed by atoms with van der Waals surface area (Å²) < 4.78 is 7.22. The molecule has 28 heavy (non-hydrogen) atoms. The van der Waals surface area contributed by atoms with E-state index in [9.17, 15) is 4.79 Å². The molecule has 0 bridgehead atoms. The van der Waals surface area contributed by atoms with Crippen molar-refractivity contribution in [3.63, 3.8) is 0 Å². The summed E-state index contributed by atoms with van der Waals surface area (Å²) >= 11 is 13.5. The topological polar surface area (TPSA) is 54.5 Å². The van der Waals surface area contributed by atoms with Gasteiger partial charge in [-0.2, -0.15) is 0 Å². The highest BCUT2D eigenvalue weighted by atomic mass is 35.5. The Morgan fingerprint density at radius 1 is 1.21 bits per heavy atom. The molecule has 1 aromatic heterocycles. The number of piperidine rings is 1. The molecule has 0 atom stereocenters. The first kappa shape index (κ1) is 19.3. The first-order chi connectivity index (χ1) is 13.5. The van der Waals surface area contributed by atoms with E-state index in [1.807, 2.05) is 6.07 Å². The fraction of sp³-hybridized carbons (Fsp3) is 0.300. The number of urea groups is 1. The maximum Gasteiger partial charge on any atom is 0.321 e. The summed E-state index contributed by atoms with van der Waals surface area (Å²) in [5.74, 6) is 0. The minimum absolute atomic E-state index is 0.0647. The summed E-state index contributed by atoms with van der Waals surface area (Å²) in [6.45, 7) is 3.31. The van der Waals surface area contributed by atoms with Crippen molar-refractivity contribution in [1.29, 1.82) is 0 Å². The number of ether oxygens (including phenoxy) is 1. The van der Waals surface area contributed by atoms with Gasteiger partial charge in [0.25, 0.3) is 5.19 Å². The predicted octanol–water partition coefficient (Wildman–Crippen LogP) is 5.99. The van der Waals surface area contributed by atoms with Crippen LogP contribution in [0.1, 0.15) is 18.4 Å². The van der Waals surface area contributed by atoms with Crippen LogP contribution in [0.25, 0.3) is 10.2 Å². The van der Waals surface area contributed by atoms with E-state index >= 15 is 0 Å². The molecule has 0 aliphatic carbocycles. The van der Waals surface area contributed by atoms with Crippen LogP contribution >= 0.6 is 34.5 Å². The number of benzene rings is 2. The fourth-order valence-corrected chi connectivity index (χ4v) is 4.47. The Morgan fingerprint density at radius 3 is 2.71 bits per heavy atom. The summed E-state index contributed by atoms with van der Waals surface area (Å²) in [4.78, 5) is 18.9. The van der Waals surface area contributed by atoms with Gasteiger partial charge in [0.05, 0.1) is 20.3 Å². The molecule has 5 nitrogen and oxygen atoms in total. The number of fused-ring (bicyclic) bond motifs is 1. The van der Waals surface area contributed by atoms with Gasteiger partial charge in [-0.15, -0.1) is 0 Å². The van der Waals surface area contributed by atoms with Crippen molar-refractivity contribution in [2.45, 2.75) is 25.9 Å². The van der Waals surface area contributed by atoms with Crippen LogP contribution in [-0.2, 0) is 0 Å². The van der Waals surface area contributed by atoms with Crippen LogP contribution in [0.4, 0.5) is 10.5 Å². The van der Waals surface area contributed by atoms with Crippen LogP contribution < -0.4 is 10.1 Å². The van der Waals surface area contributed by atoms with Crippen molar-refractivity contribution in [1.82, 2.24) is 9.88 Å². The van der Waals surface area contributed by atoms with Gasteiger partial charge in [0.1, 0.15) is 6.10 Å². The number of carbonyl (C=O) groups is 1. The van der Waals surface area contributed by atoms with Gasteiger partial charge in [-0.25, -0.2) is 9.78 Å². The number of anilines is 1. The molecule has 146 valence electrons. The quantitative estimate of drug-likeness (QED) is 0.549. The molecule has 0 unspecified atom stereocenters. The molecule has 1 aliphatic heterocycles. The number of aryl methyl sites for hydroxylation is 1. The van der Waals surface area contributed by atoms with E-state index < -0.39 is 0 Å². The summed E-state index contributed by atoms with van der Waals surface area (Å²) in [6.07, 6.45) is 1.60. The Morgan fingerprint density at radius 2 is 2.00 bits per heavy atom. The zero-order valence-corrected chi connectivity index (χ0v) is 17.6. The average molecular weight is 436 g/mol. The number of hydrogen-bond acceptors (Lipinski definition) is 4. The van der Waals surface area contributed by atoms with Crippen molar-refractivity contribution in [2.75, 3.05) is 18.4 Å². The Kier molecular flexibility index (Phi) is 5.62. The Labute approximate surface area is 177 Å². The van der Waals surface area contributed by atoms with Crippen LogP contribution in [-0.4, -0.2) is 35.1 Å². The molecule has 2 heterocycles. The first-order valence-corrected chi connectivity index (χ1v) is 10.6. The zero-order chi connectivity index (χ0) is 19.7. The van der Waals surface area contributed by atoms with Gasteiger partial charge in [0.15, 0.2) is 0 Å². The summed E-state index contributed by atoms with van der Waals surface area (Å²) in [6, 6.07) is 11.0. The van der Waals surface area contributed by atoms with E-state index in [1.165, 1.54) is 0 Å². The molecular formula is C20H19Cl2N3O2S. The van der Waals surface area contributed by atoms with Gasteiger partial charge in [0.2, 0.25) is 0 Å². The lowest BCUT2D eigenvalue weighted by atomic mass is 10.1. The fourth-order valence-electron chi connectivity index (χ4n) is 3.21. The van der Waals surface area contributed by atoms with Gasteiger partial charge in [0, 0.05) is 31.6 Å². The summed E-state index contributed by atoms with van der Waals surface area (Å²) in [7, 11) is 0. The molecule has 1 saturated heterocycles. The SMILES string of the molecule is Cc1cccc2sc(OC3CCN(C(=O)Nc4ccc(Cl)c(Cl)c4)CC3)nc12. The van der Waals surface area contributed by atoms with Gasteiger partial charge >= 0.3 is 6.03 Å². The number of halogens is 2. The second-order valence-corrected chi connectivity index (χ2v) is 8.57. The van der Waals surface area contributed by atoms with Crippen LogP contribution in [0.3, 0.4) is 0 Å². The van der Waals surface area contributed by atoms with Crippen LogP contribution in [0.2, 0.25) is 10.0 Å². The molecule has 0 radical (unpaired) electrons. The monoisotopic (exact) mass is 435 g/mol. The number of nitrogens with one attached hydrogen (secondary N) is 1. The van der Waals surface area contributed by atoms with Crippen molar-refractivity contribution in [3.05, 3.63) is 52.0 Å². The number of amides is 2. The number of para-hydroxylation sites is 1. The third-order valence-corrected chi connectivity index (χ3v) is 6.42. The van der Waals surface area contributed by atoms with Gasteiger partial charge in [-0.1, -0.05) is 46.7 Å². The lowest BCUT2D eigenvalue weighted by Gasteiger charge is -2.31. The third-order valence-electron chi connectivity index (χ3n) is 4.77. The van der Waals surface area contributed by atoms with Gasteiger partial charge in [-0.05, 0) is 36.8 Å². The highest BCUT2D eigenvalue weighted by molar-refractivity contribution is 7.20. The number of rotatable bonds is 3. The maximum atomic E-state index is 12.5. The van der Waals surface area contributed by atoms with Crippen LogP contribution in [0, 0.1) is 6.92 Å². The molecule has 1 N–H and O–H groups in total. The second kappa shape index (κ2) is 8.15. The number of aromatic nitrogens is 1. The van der Waals surface area contributed by atoms with E-state index in [2.05, 4.69) is 29.4 Å². The maximum absolute atomic E-state index is 12.5. The molecule has 4 rings (SSSR count). The minimum Gasteiger partial charge on any atom is -0.467 e. The van der Waals surface area contributed by atoms with Crippen LogP contribution in [0.5, 0.6) is 5.19 Å². The van der Waals surface area contributed by atoms with Crippen molar-refractivity contribution < 1.29 is 9.53 Å². The highest BCUT2D eigenvalue weighted by Crippen LogP contribution is 2.31. The molecule has 0 saturated carbocycles. The van der Waals surface area contributed by atoms with E-state index in [0.717, 1.165) is 28.6 Å². The first-order valence-electron chi connectivity index (χ1n) is 9.03. The molecule has 2 amide bonds. The standard InChI is InChI=1S/C20H19Cl2N3O2S/c1-12-3-2-4-17-18(12)24-20(28-17)27-14-7-9-25(10-8-14)19(26)23-13-5-6-15(21)16(22)11-13/h2-6,11,14H,7-10H2,1H3,(H,23,26). The van der Waals surface area contributed by atoms with E-state index in [4.69, 9.17) is 27.9 Å². The Balaban J connectivity index is 1.32. The minimum atomic E-state index is -0.146. The molecule has 2 aromatic carbocycles. The molecule has 1 fully saturated rings. The number of hydrogen-bond donors (Lipinski definition) is 1. The molecule has 1 aliphatic rings. The number of carbonyl (C=O) groups excluding carboxylic acids is 1. The number of likely N-dealkylation sites (tertiary alicyclic amines) is 1. The molecular weight excluding hydrogens is 417 g/mol. The lowest BCUT2D eigenvalue weighted by Crippen LogP contribution is -2.43.